The minimum absolute atomic E-state index is 0.150. The predicted molar refractivity (Wildman–Crippen MR) is 73.6 cm³/mol. The fourth-order valence-corrected chi connectivity index (χ4v) is 2.09. The first kappa shape index (κ1) is 14.6. The van der Waals surface area contributed by atoms with Crippen LogP contribution in [0.5, 0.6) is 0 Å². The van der Waals surface area contributed by atoms with Gasteiger partial charge >= 0.3 is 0 Å². The number of benzene rings is 1. The second-order valence-electron chi connectivity index (χ2n) is 3.94. The highest BCUT2D eigenvalue weighted by atomic mass is 79.9. The van der Waals surface area contributed by atoms with Crippen LogP contribution >= 0.6 is 15.9 Å². The molecule has 0 unspecified atom stereocenters. The van der Waals surface area contributed by atoms with E-state index in [2.05, 4.69) is 40.0 Å². The zero-order valence-electron chi connectivity index (χ0n) is 10.5. The van der Waals surface area contributed by atoms with Crippen molar-refractivity contribution in [1.82, 2.24) is 10.2 Å². The minimum atomic E-state index is -0.150. The summed E-state index contributed by atoms with van der Waals surface area (Å²) in [5, 5.41) is 3.27. The molecule has 1 aromatic rings. The summed E-state index contributed by atoms with van der Waals surface area (Å²) in [6, 6.07) is 5.03. The lowest BCUT2D eigenvalue weighted by atomic mass is 10.2. The Morgan fingerprint density at radius 2 is 2.00 bits per heavy atom. The lowest BCUT2D eigenvalue weighted by molar-refractivity contribution is 0.302. The first-order valence-corrected chi connectivity index (χ1v) is 6.83. The van der Waals surface area contributed by atoms with E-state index in [1.165, 1.54) is 6.07 Å². The van der Waals surface area contributed by atoms with Crippen LogP contribution in [-0.4, -0.2) is 31.1 Å². The molecular formula is C13H20BrFN2. The summed E-state index contributed by atoms with van der Waals surface area (Å²) in [5.74, 6) is -0.150. The molecule has 0 saturated heterocycles. The second-order valence-corrected chi connectivity index (χ2v) is 4.86. The lowest BCUT2D eigenvalue weighted by Crippen LogP contribution is -2.31. The normalized spacial score (nSPS) is 11.1. The smallest absolute Gasteiger partial charge is 0.127 e. The van der Waals surface area contributed by atoms with Crippen LogP contribution < -0.4 is 5.32 Å². The molecule has 0 amide bonds. The molecule has 0 saturated carbocycles. The van der Waals surface area contributed by atoms with Gasteiger partial charge in [-0.05, 0) is 31.3 Å². The van der Waals surface area contributed by atoms with Crippen LogP contribution in [0.1, 0.15) is 19.4 Å². The summed E-state index contributed by atoms with van der Waals surface area (Å²) in [6.07, 6.45) is 0. The first-order valence-electron chi connectivity index (χ1n) is 6.04. The molecule has 0 aromatic heterocycles. The van der Waals surface area contributed by atoms with Crippen molar-refractivity contribution in [1.29, 1.82) is 0 Å². The third kappa shape index (κ3) is 5.15. The van der Waals surface area contributed by atoms with Gasteiger partial charge in [0.1, 0.15) is 5.82 Å². The van der Waals surface area contributed by atoms with Crippen molar-refractivity contribution in [2.45, 2.75) is 20.4 Å². The number of nitrogens with zero attached hydrogens (tertiary/aromatic N) is 1. The van der Waals surface area contributed by atoms with E-state index in [4.69, 9.17) is 0 Å². The maximum Gasteiger partial charge on any atom is 0.127 e. The van der Waals surface area contributed by atoms with Gasteiger partial charge in [0.15, 0.2) is 0 Å². The second kappa shape index (κ2) is 7.80. The zero-order chi connectivity index (χ0) is 12.7. The van der Waals surface area contributed by atoms with E-state index in [-0.39, 0.29) is 5.82 Å². The van der Waals surface area contributed by atoms with Crippen molar-refractivity contribution >= 4 is 15.9 Å². The fourth-order valence-electron chi connectivity index (χ4n) is 1.68. The maximum absolute atomic E-state index is 13.4. The van der Waals surface area contributed by atoms with Gasteiger partial charge < -0.3 is 10.2 Å². The number of rotatable bonds is 7. The number of hydrogen-bond donors (Lipinski definition) is 1. The van der Waals surface area contributed by atoms with E-state index >= 15 is 0 Å². The maximum atomic E-state index is 13.4. The quantitative estimate of drug-likeness (QED) is 0.779. The Balaban J connectivity index is 2.33. The molecule has 0 atom stereocenters. The summed E-state index contributed by atoms with van der Waals surface area (Å²) in [4.78, 5) is 2.34. The van der Waals surface area contributed by atoms with E-state index in [1.807, 2.05) is 6.07 Å². The van der Waals surface area contributed by atoms with Crippen molar-refractivity contribution in [2.75, 3.05) is 26.2 Å². The average molecular weight is 303 g/mol. The number of nitrogens with one attached hydrogen (secondary N) is 1. The highest BCUT2D eigenvalue weighted by molar-refractivity contribution is 9.10. The molecule has 0 aliphatic rings. The van der Waals surface area contributed by atoms with E-state index in [0.29, 0.717) is 12.1 Å². The summed E-state index contributed by atoms with van der Waals surface area (Å²) in [7, 11) is 0. The number of hydrogen-bond acceptors (Lipinski definition) is 2. The molecular weight excluding hydrogens is 283 g/mol. The molecule has 17 heavy (non-hydrogen) atoms. The third-order valence-electron chi connectivity index (χ3n) is 2.82. The molecule has 0 aliphatic carbocycles. The summed E-state index contributed by atoms with van der Waals surface area (Å²) in [6.45, 7) is 8.88. The Labute approximate surface area is 111 Å². The summed E-state index contributed by atoms with van der Waals surface area (Å²) in [5.41, 5.74) is 0.707. The molecule has 0 bridgehead atoms. The van der Waals surface area contributed by atoms with Crippen LogP contribution in [0.2, 0.25) is 0 Å². The largest absolute Gasteiger partial charge is 0.311 e. The lowest BCUT2D eigenvalue weighted by Gasteiger charge is -2.18. The molecule has 4 heteroatoms. The van der Waals surface area contributed by atoms with Gasteiger partial charge in [0.2, 0.25) is 0 Å². The Morgan fingerprint density at radius 3 is 2.65 bits per heavy atom. The predicted octanol–water partition coefficient (Wildman–Crippen LogP) is 3.02. The van der Waals surface area contributed by atoms with E-state index in [1.54, 1.807) is 6.07 Å². The van der Waals surface area contributed by atoms with E-state index in [0.717, 1.165) is 30.7 Å². The van der Waals surface area contributed by atoms with Crippen molar-refractivity contribution < 1.29 is 4.39 Å². The Bertz CT molecular complexity index is 340. The highest BCUT2D eigenvalue weighted by Gasteiger charge is 2.03. The van der Waals surface area contributed by atoms with Crippen molar-refractivity contribution in [3.05, 3.63) is 34.1 Å². The van der Waals surface area contributed by atoms with Gasteiger partial charge in [-0.25, -0.2) is 4.39 Å². The molecule has 96 valence electrons. The fraction of sp³-hybridized carbons (Fsp3) is 0.538. The Hall–Kier alpha value is -0.450. The Morgan fingerprint density at radius 1 is 1.29 bits per heavy atom. The van der Waals surface area contributed by atoms with Gasteiger partial charge in [0.25, 0.3) is 0 Å². The average Bonchev–Trinajstić information content (AvgIpc) is 2.33. The molecule has 1 aromatic carbocycles. The van der Waals surface area contributed by atoms with Crippen LogP contribution in [0.3, 0.4) is 0 Å². The molecule has 0 spiro atoms. The molecule has 0 heterocycles. The van der Waals surface area contributed by atoms with Crippen LogP contribution in [0.25, 0.3) is 0 Å². The van der Waals surface area contributed by atoms with E-state index in [9.17, 15) is 4.39 Å². The van der Waals surface area contributed by atoms with Gasteiger partial charge in [0, 0.05) is 29.7 Å². The standard InChI is InChI=1S/C13H20BrFN2/c1-3-17(4-2)8-7-16-10-11-9-12(14)5-6-13(11)15/h5-6,9,16H,3-4,7-8,10H2,1-2H3. The molecule has 0 radical (unpaired) electrons. The topological polar surface area (TPSA) is 15.3 Å². The van der Waals surface area contributed by atoms with Gasteiger partial charge in [-0.2, -0.15) is 0 Å². The highest BCUT2D eigenvalue weighted by Crippen LogP contribution is 2.15. The molecule has 0 aliphatic heterocycles. The Kier molecular flexibility index (Phi) is 6.70. The molecule has 0 fully saturated rings. The summed E-state index contributed by atoms with van der Waals surface area (Å²) >= 11 is 3.35. The van der Waals surface area contributed by atoms with Crippen molar-refractivity contribution in [3.8, 4) is 0 Å². The first-order chi connectivity index (χ1) is 8.17. The van der Waals surface area contributed by atoms with E-state index < -0.39 is 0 Å². The van der Waals surface area contributed by atoms with Crippen LogP contribution in [-0.2, 0) is 6.54 Å². The van der Waals surface area contributed by atoms with Crippen LogP contribution in [0.4, 0.5) is 4.39 Å². The van der Waals surface area contributed by atoms with Gasteiger partial charge in [-0.1, -0.05) is 29.8 Å². The number of halogens is 2. The van der Waals surface area contributed by atoms with Crippen LogP contribution in [0.15, 0.2) is 22.7 Å². The van der Waals surface area contributed by atoms with Crippen molar-refractivity contribution in [2.24, 2.45) is 0 Å². The minimum Gasteiger partial charge on any atom is -0.311 e. The van der Waals surface area contributed by atoms with Gasteiger partial charge in [-0.3, -0.25) is 0 Å². The third-order valence-corrected chi connectivity index (χ3v) is 3.32. The van der Waals surface area contributed by atoms with Gasteiger partial charge in [-0.15, -0.1) is 0 Å². The SMILES string of the molecule is CCN(CC)CCNCc1cc(Br)ccc1F. The van der Waals surface area contributed by atoms with Crippen LogP contribution in [0, 0.1) is 5.82 Å². The van der Waals surface area contributed by atoms with Crippen molar-refractivity contribution in [3.63, 3.8) is 0 Å². The van der Waals surface area contributed by atoms with Gasteiger partial charge in [0.05, 0.1) is 0 Å². The molecule has 1 N–H and O–H groups in total. The molecule has 1 rings (SSSR count). The monoisotopic (exact) mass is 302 g/mol. The summed E-state index contributed by atoms with van der Waals surface area (Å²) < 4.78 is 14.3. The number of likely N-dealkylation sites (N-methyl/N-ethyl adjacent to an activating group) is 1. The molecule has 2 nitrogen and oxygen atoms in total. The zero-order valence-corrected chi connectivity index (χ0v) is 12.1.